The number of methoxy groups -OCH3 is 1. The van der Waals surface area contributed by atoms with Crippen molar-refractivity contribution in [1.29, 1.82) is 0 Å². The number of sulfonamides is 1. The summed E-state index contributed by atoms with van der Waals surface area (Å²) >= 11 is 0. The summed E-state index contributed by atoms with van der Waals surface area (Å²) in [5, 5.41) is 0. The Hall–Kier alpha value is -2.53. The van der Waals surface area contributed by atoms with E-state index in [1.54, 1.807) is 24.3 Å². The Balaban J connectivity index is 1.94. The highest BCUT2D eigenvalue weighted by Gasteiger charge is 2.61. The molecule has 7 nitrogen and oxygen atoms in total. The molecule has 0 amide bonds. The van der Waals surface area contributed by atoms with Gasteiger partial charge in [-0.25, -0.2) is 36.3 Å². The second-order valence-corrected chi connectivity index (χ2v) is 9.24. The lowest BCUT2D eigenvalue weighted by atomic mass is 9.79. The topological polar surface area (TPSA) is 98.2 Å². The third-order valence-electron chi connectivity index (χ3n) is 5.00. The number of carbonyl (C=O) groups is 1. The highest BCUT2D eigenvalue weighted by molar-refractivity contribution is 7.88. The van der Waals surface area contributed by atoms with Crippen LogP contribution in [0.4, 0.5) is 13.2 Å². The molecule has 1 fully saturated rings. The second-order valence-electron chi connectivity index (χ2n) is 7.46. The number of carbonyl (C=O) groups excluding carboxylic acids is 1. The van der Waals surface area contributed by atoms with E-state index in [0.29, 0.717) is 11.1 Å². The van der Waals surface area contributed by atoms with Gasteiger partial charge in [0, 0.05) is 12.0 Å². The van der Waals surface area contributed by atoms with Crippen LogP contribution in [-0.2, 0) is 26.0 Å². The van der Waals surface area contributed by atoms with Crippen LogP contribution < -0.4 is 4.72 Å². The van der Waals surface area contributed by atoms with Gasteiger partial charge in [-0.3, -0.25) is 4.79 Å². The maximum atomic E-state index is 14.6. The summed E-state index contributed by atoms with van der Waals surface area (Å²) in [7, 11) is -2.81. The number of nitrogens with zero attached hydrogens (tertiary/aromatic N) is 2. The first-order valence-electron chi connectivity index (χ1n) is 8.94. The molecule has 0 aliphatic heterocycles. The standard InChI is InChI=1S/C19H20F3N3O4S/c1-29-17(26)18(8-15(19(21,22)11-18)25-30(2,27)28)7-12-4-3-5-13(6-12)16-23-9-14(20)10-24-16/h3-6,9-10,15,25H,7-8,11H2,1-2H3/t15-,18-/m1/s1. The molecular weight excluding hydrogens is 423 g/mol. The maximum Gasteiger partial charge on any atom is 0.312 e. The lowest BCUT2D eigenvalue weighted by Gasteiger charge is -2.26. The largest absolute Gasteiger partial charge is 0.469 e. The summed E-state index contributed by atoms with van der Waals surface area (Å²) in [6, 6.07) is 4.84. The molecule has 0 unspecified atom stereocenters. The average Bonchev–Trinajstić information content (AvgIpc) is 2.90. The third-order valence-corrected chi connectivity index (χ3v) is 5.71. The minimum absolute atomic E-state index is 0.105. The Morgan fingerprint density at radius 2 is 1.97 bits per heavy atom. The van der Waals surface area contributed by atoms with Crippen LogP contribution in [0.5, 0.6) is 0 Å². The van der Waals surface area contributed by atoms with Gasteiger partial charge in [-0.15, -0.1) is 0 Å². The maximum absolute atomic E-state index is 14.6. The lowest BCUT2D eigenvalue weighted by Crippen LogP contribution is -2.43. The molecule has 1 N–H and O–H groups in total. The Kier molecular flexibility index (Phi) is 5.87. The first kappa shape index (κ1) is 22.2. The number of aromatic nitrogens is 2. The summed E-state index contributed by atoms with van der Waals surface area (Å²) in [5.74, 6) is -4.64. The van der Waals surface area contributed by atoms with Gasteiger partial charge >= 0.3 is 5.97 Å². The number of halogens is 3. The summed E-state index contributed by atoms with van der Waals surface area (Å²) < 4.78 is 72.1. The number of hydrogen-bond donors (Lipinski definition) is 1. The van der Waals surface area contributed by atoms with Crippen LogP contribution >= 0.6 is 0 Å². The number of ether oxygens (including phenoxy) is 1. The smallest absolute Gasteiger partial charge is 0.312 e. The quantitative estimate of drug-likeness (QED) is 0.689. The number of rotatable bonds is 6. The van der Waals surface area contributed by atoms with Gasteiger partial charge in [0.2, 0.25) is 10.0 Å². The van der Waals surface area contributed by atoms with Crippen molar-refractivity contribution >= 4 is 16.0 Å². The van der Waals surface area contributed by atoms with Gasteiger partial charge in [-0.2, -0.15) is 0 Å². The third kappa shape index (κ3) is 4.78. The minimum Gasteiger partial charge on any atom is -0.469 e. The molecule has 2 aromatic rings. The van der Waals surface area contributed by atoms with Gasteiger partial charge in [-0.05, 0) is 24.5 Å². The molecule has 0 bridgehead atoms. The van der Waals surface area contributed by atoms with E-state index in [-0.39, 0.29) is 12.2 Å². The number of esters is 1. The molecule has 1 aliphatic carbocycles. The van der Waals surface area contributed by atoms with Crippen molar-refractivity contribution < 1.29 is 31.1 Å². The molecule has 0 spiro atoms. The van der Waals surface area contributed by atoms with Gasteiger partial charge in [0.25, 0.3) is 5.92 Å². The van der Waals surface area contributed by atoms with Crippen molar-refractivity contribution in [2.75, 3.05) is 13.4 Å². The van der Waals surface area contributed by atoms with Gasteiger partial charge in [0.15, 0.2) is 11.6 Å². The Morgan fingerprint density at radius 1 is 1.30 bits per heavy atom. The van der Waals surface area contributed by atoms with Crippen LogP contribution in [0.2, 0.25) is 0 Å². The first-order valence-corrected chi connectivity index (χ1v) is 10.8. The van der Waals surface area contributed by atoms with E-state index < -0.39 is 52.0 Å². The van der Waals surface area contributed by atoms with Crippen LogP contribution in [0.25, 0.3) is 11.4 Å². The van der Waals surface area contributed by atoms with Crippen LogP contribution in [0, 0.1) is 11.2 Å². The number of hydrogen-bond acceptors (Lipinski definition) is 6. The fourth-order valence-corrected chi connectivity index (χ4v) is 4.60. The molecule has 30 heavy (non-hydrogen) atoms. The highest BCUT2D eigenvalue weighted by Crippen LogP contribution is 2.50. The lowest BCUT2D eigenvalue weighted by molar-refractivity contribution is -0.154. The average molecular weight is 443 g/mol. The molecule has 11 heteroatoms. The van der Waals surface area contributed by atoms with Crippen molar-refractivity contribution in [2.45, 2.75) is 31.2 Å². The fraction of sp³-hybridized carbons (Fsp3) is 0.421. The summed E-state index contributed by atoms with van der Waals surface area (Å²) in [5.41, 5.74) is -0.576. The molecule has 1 aromatic carbocycles. The predicted octanol–water partition coefficient (Wildman–Crippen LogP) is 2.33. The highest BCUT2D eigenvalue weighted by atomic mass is 32.2. The number of benzene rings is 1. The normalized spacial score (nSPS) is 23.3. The monoisotopic (exact) mass is 443 g/mol. The van der Waals surface area contributed by atoms with Crippen LogP contribution in [-0.4, -0.2) is 49.7 Å². The van der Waals surface area contributed by atoms with Gasteiger partial charge < -0.3 is 4.74 Å². The Labute approximate surface area is 171 Å². The molecule has 1 aliphatic rings. The van der Waals surface area contributed by atoms with Crippen LogP contribution in [0.15, 0.2) is 36.7 Å². The van der Waals surface area contributed by atoms with E-state index in [1.807, 2.05) is 4.72 Å². The van der Waals surface area contributed by atoms with Crippen molar-refractivity contribution in [1.82, 2.24) is 14.7 Å². The molecule has 162 valence electrons. The van der Waals surface area contributed by atoms with Gasteiger partial charge in [0.1, 0.15) is 0 Å². The molecule has 0 saturated heterocycles. The van der Waals surface area contributed by atoms with E-state index in [1.165, 1.54) is 0 Å². The zero-order valence-electron chi connectivity index (χ0n) is 16.2. The fourth-order valence-electron chi connectivity index (χ4n) is 3.82. The number of nitrogens with one attached hydrogen (secondary N) is 1. The van der Waals surface area contributed by atoms with Crippen molar-refractivity contribution in [2.24, 2.45) is 5.41 Å². The Morgan fingerprint density at radius 3 is 2.57 bits per heavy atom. The summed E-state index contributed by atoms with van der Waals surface area (Å²) in [4.78, 5) is 20.3. The molecule has 1 saturated carbocycles. The van der Waals surface area contributed by atoms with E-state index in [9.17, 15) is 26.4 Å². The van der Waals surface area contributed by atoms with Crippen LogP contribution in [0.1, 0.15) is 18.4 Å². The molecule has 0 radical (unpaired) electrons. The van der Waals surface area contributed by atoms with E-state index >= 15 is 0 Å². The SMILES string of the molecule is COC(=O)[C@]1(Cc2cccc(-c3ncc(F)cn3)c2)C[C@@H](NS(C)(=O)=O)C(F)(F)C1. The van der Waals surface area contributed by atoms with E-state index in [4.69, 9.17) is 4.74 Å². The molecular formula is C19H20F3N3O4S. The first-order chi connectivity index (χ1) is 13.9. The zero-order chi connectivity index (χ0) is 22.2. The second kappa shape index (κ2) is 7.95. The predicted molar refractivity (Wildman–Crippen MR) is 102 cm³/mol. The van der Waals surface area contributed by atoms with Gasteiger partial charge in [0.05, 0.1) is 37.2 Å². The van der Waals surface area contributed by atoms with Gasteiger partial charge in [-0.1, -0.05) is 18.2 Å². The summed E-state index contributed by atoms with van der Waals surface area (Å²) in [6.45, 7) is 0. The van der Waals surface area contributed by atoms with Crippen molar-refractivity contribution in [3.05, 3.63) is 48.0 Å². The minimum atomic E-state index is -3.91. The van der Waals surface area contributed by atoms with Crippen molar-refractivity contribution in [3.63, 3.8) is 0 Å². The molecule has 1 heterocycles. The molecule has 1 aromatic heterocycles. The van der Waals surface area contributed by atoms with E-state index in [2.05, 4.69) is 9.97 Å². The Bertz CT molecular complexity index is 1050. The van der Waals surface area contributed by atoms with Crippen molar-refractivity contribution in [3.8, 4) is 11.4 Å². The van der Waals surface area contributed by atoms with E-state index in [0.717, 1.165) is 25.8 Å². The zero-order valence-corrected chi connectivity index (χ0v) is 17.0. The molecule has 3 rings (SSSR count). The molecule has 2 atom stereocenters. The number of alkyl halides is 2. The van der Waals surface area contributed by atoms with Crippen LogP contribution in [0.3, 0.4) is 0 Å². The summed E-state index contributed by atoms with van der Waals surface area (Å²) in [6.07, 6.45) is 1.40.